The molecular weight excluding hydrogens is 224 g/mol. The van der Waals surface area contributed by atoms with Crippen LogP contribution in [0, 0.1) is 6.92 Å². The molecule has 0 saturated carbocycles. The summed E-state index contributed by atoms with van der Waals surface area (Å²) in [5.41, 5.74) is 2.67. The number of aryl methyl sites for hydroxylation is 1. The molecule has 4 aromatic rings. The minimum absolute atomic E-state index is 0.0528. The Morgan fingerprint density at radius 2 is 1.50 bits per heavy atom. The van der Waals surface area contributed by atoms with Crippen molar-refractivity contribution < 1.29 is 4.42 Å². The van der Waals surface area contributed by atoms with Gasteiger partial charge in [0, 0.05) is 16.2 Å². The maximum absolute atomic E-state index is 12.2. The average molecular weight is 234 g/mol. The third kappa shape index (κ3) is 1.05. The van der Waals surface area contributed by atoms with E-state index in [-0.39, 0.29) is 5.43 Å². The smallest absolute Gasteiger partial charge is 0.186 e. The van der Waals surface area contributed by atoms with E-state index >= 15 is 0 Å². The topological polar surface area (TPSA) is 30.2 Å². The van der Waals surface area contributed by atoms with Gasteiger partial charge in [-0.2, -0.15) is 0 Å². The van der Waals surface area contributed by atoms with E-state index in [0.29, 0.717) is 0 Å². The first-order valence-electron chi connectivity index (χ1n) is 5.93. The van der Waals surface area contributed by atoms with Crippen molar-refractivity contribution in [2.75, 3.05) is 0 Å². The van der Waals surface area contributed by atoms with E-state index in [9.17, 15) is 4.79 Å². The fourth-order valence-electron chi connectivity index (χ4n) is 2.75. The molecule has 2 heteroatoms. The van der Waals surface area contributed by atoms with E-state index in [1.165, 1.54) is 0 Å². The lowest BCUT2D eigenvalue weighted by atomic mass is 10.1. The maximum atomic E-state index is 12.2. The van der Waals surface area contributed by atoms with Crippen molar-refractivity contribution >= 4 is 32.7 Å². The molecule has 0 saturated heterocycles. The van der Waals surface area contributed by atoms with Crippen LogP contribution >= 0.6 is 0 Å². The molecule has 86 valence electrons. The van der Waals surface area contributed by atoms with E-state index in [2.05, 4.69) is 0 Å². The van der Waals surface area contributed by atoms with Crippen LogP contribution in [0.3, 0.4) is 0 Å². The van der Waals surface area contributed by atoms with Crippen molar-refractivity contribution in [2.45, 2.75) is 6.92 Å². The van der Waals surface area contributed by atoms with Gasteiger partial charge in [0.1, 0.15) is 11.2 Å². The monoisotopic (exact) mass is 234 g/mol. The second-order valence-electron chi connectivity index (χ2n) is 4.65. The summed E-state index contributed by atoms with van der Waals surface area (Å²) in [6.45, 7) is 1.97. The van der Waals surface area contributed by atoms with Crippen LogP contribution < -0.4 is 5.43 Å². The summed E-state index contributed by atoms with van der Waals surface area (Å²) < 4.78 is 5.83. The zero-order chi connectivity index (χ0) is 12.3. The van der Waals surface area contributed by atoms with Gasteiger partial charge in [-0.25, -0.2) is 0 Å². The van der Waals surface area contributed by atoms with Gasteiger partial charge < -0.3 is 4.42 Å². The van der Waals surface area contributed by atoms with Gasteiger partial charge in [-0.05, 0) is 36.1 Å². The second-order valence-corrected chi connectivity index (χ2v) is 4.65. The van der Waals surface area contributed by atoms with Gasteiger partial charge in [0.2, 0.25) is 0 Å². The van der Waals surface area contributed by atoms with Crippen LogP contribution in [-0.4, -0.2) is 0 Å². The van der Waals surface area contributed by atoms with Gasteiger partial charge in [0.25, 0.3) is 0 Å². The second kappa shape index (κ2) is 3.10. The van der Waals surface area contributed by atoms with Crippen molar-refractivity contribution in [2.24, 2.45) is 0 Å². The van der Waals surface area contributed by atoms with Crippen LogP contribution in [0.1, 0.15) is 5.56 Å². The molecule has 2 nitrogen and oxygen atoms in total. The number of benzene rings is 2. The fraction of sp³-hybridized carbons (Fsp3) is 0.0625. The molecule has 0 spiro atoms. The quantitative estimate of drug-likeness (QED) is 0.462. The SMILES string of the molecule is Cc1cc(=O)c2cccc3oc4cccc1c4c32. The van der Waals surface area contributed by atoms with Gasteiger partial charge in [-0.3, -0.25) is 4.79 Å². The molecular formula is C16H10O2. The Morgan fingerprint density at radius 3 is 2.22 bits per heavy atom. The van der Waals surface area contributed by atoms with Crippen LogP contribution in [0.4, 0.5) is 0 Å². The van der Waals surface area contributed by atoms with E-state index in [1.807, 2.05) is 43.3 Å². The van der Waals surface area contributed by atoms with Crippen molar-refractivity contribution in [1.29, 1.82) is 0 Å². The summed E-state index contributed by atoms with van der Waals surface area (Å²) >= 11 is 0. The highest BCUT2D eigenvalue weighted by Crippen LogP contribution is 2.35. The summed E-state index contributed by atoms with van der Waals surface area (Å²) in [5, 5.41) is 3.82. The molecule has 0 amide bonds. The van der Waals surface area contributed by atoms with Crippen molar-refractivity contribution in [3.8, 4) is 0 Å². The summed E-state index contributed by atoms with van der Waals surface area (Å²) in [6.07, 6.45) is 0. The fourth-order valence-corrected chi connectivity index (χ4v) is 2.75. The molecule has 0 N–H and O–H groups in total. The standard InChI is InChI=1S/C16H10O2/c1-9-8-12(17)11-5-3-7-14-16(11)15-10(9)4-2-6-13(15)18-14/h2-8H,1H3. The van der Waals surface area contributed by atoms with Crippen LogP contribution in [0.5, 0.6) is 0 Å². The Morgan fingerprint density at radius 1 is 0.889 bits per heavy atom. The zero-order valence-corrected chi connectivity index (χ0v) is 9.86. The summed E-state index contributed by atoms with van der Waals surface area (Å²) in [6, 6.07) is 13.3. The first-order chi connectivity index (χ1) is 8.75. The Kier molecular flexibility index (Phi) is 1.67. The minimum atomic E-state index is 0.0528. The Hall–Kier alpha value is -2.35. The molecule has 0 bridgehead atoms. The third-order valence-electron chi connectivity index (χ3n) is 3.56. The lowest BCUT2D eigenvalue weighted by Gasteiger charge is -1.94. The van der Waals surface area contributed by atoms with Crippen LogP contribution in [0.25, 0.3) is 32.7 Å². The van der Waals surface area contributed by atoms with Crippen molar-refractivity contribution in [1.82, 2.24) is 0 Å². The first kappa shape index (κ1) is 9.66. The Balaban J connectivity index is 2.59. The maximum Gasteiger partial charge on any atom is 0.186 e. The average Bonchev–Trinajstić information content (AvgIpc) is 2.71. The van der Waals surface area contributed by atoms with Gasteiger partial charge in [0.15, 0.2) is 5.43 Å². The van der Waals surface area contributed by atoms with Crippen LogP contribution in [-0.2, 0) is 0 Å². The van der Waals surface area contributed by atoms with Crippen molar-refractivity contribution in [3.63, 3.8) is 0 Å². The molecule has 0 radical (unpaired) electrons. The van der Waals surface area contributed by atoms with E-state index in [0.717, 1.165) is 38.3 Å². The largest absolute Gasteiger partial charge is 0.456 e. The number of hydrogen-bond acceptors (Lipinski definition) is 2. The van der Waals surface area contributed by atoms with Crippen LogP contribution in [0.2, 0.25) is 0 Å². The summed E-state index contributed by atoms with van der Waals surface area (Å²) in [5.74, 6) is 0. The predicted molar refractivity (Wildman–Crippen MR) is 73.4 cm³/mol. The van der Waals surface area contributed by atoms with E-state index in [4.69, 9.17) is 4.42 Å². The van der Waals surface area contributed by atoms with Crippen LogP contribution in [0.15, 0.2) is 51.7 Å². The van der Waals surface area contributed by atoms with Gasteiger partial charge in [0.05, 0.1) is 0 Å². The molecule has 18 heavy (non-hydrogen) atoms. The molecule has 0 fully saturated rings. The molecule has 3 aromatic carbocycles. The normalized spacial score (nSPS) is 11.8. The number of hydrogen-bond donors (Lipinski definition) is 0. The summed E-state index contributed by atoms with van der Waals surface area (Å²) in [4.78, 5) is 12.2. The number of furan rings is 1. The number of rotatable bonds is 0. The highest BCUT2D eigenvalue weighted by atomic mass is 16.3. The Bertz CT molecular complexity index is 948. The lowest BCUT2D eigenvalue weighted by Crippen LogP contribution is -1.95. The first-order valence-corrected chi connectivity index (χ1v) is 5.93. The molecule has 4 rings (SSSR count). The van der Waals surface area contributed by atoms with Gasteiger partial charge in [-0.1, -0.05) is 24.3 Å². The van der Waals surface area contributed by atoms with Gasteiger partial charge >= 0.3 is 0 Å². The molecule has 0 unspecified atom stereocenters. The molecule has 0 atom stereocenters. The van der Waals surface area contributed by atoms with E-state index in [1.54, 1.807) is 6.07 Å². The molecule has 0 aliphatic heterocycles. The summed E-state index contributed by atoms with van der Waals surface area (Å²) in [7, 11) is 0. The molecule has 1 aromatic heterocycles. The highest BCUT2D eigenvalue weighted by molar-refractivity contribution is 6.21. The molecule has 0 aliphatic carbocycles. The van der Waals surface area contributed by atoms with Crippen molar-refractivity contribution in [3.05, 3.63) is 58.3 Å². The Labute approximate surface area is 103 Å². The highest BCUT2D eigenvalue weighted by Gasteiger charge is 2.13. The predicted octanol–water partition coefficient (Wildman–Crippen LogP) is 3.85. The molecule has 1 heterocycles. The molecule has 0 aliphatic rings. The minimum Gasteiger partial charge on any atom is -0.456 e. The lowest BCUT2D eigenvalue weighted by molar-refractivity contribution is 0.669. The zero-order valence-electron chi connectivity index (χ0n) is 9.86. The van der Waals surface area contributed by atoms with E-state index < -0.39 is 0 Å². The van der Waals surface area contributed by atoms with Gasteiger partial charge in [-0.15, -0.1) is 0 Å². The third-order valence-corrected chi connectivity index (χ3v) is 3.56.